The molecule has 0 spiro atoms. The van der Waals surface area contributed by atoms with Crippen LogP contribution in [0.15, 0.2) is 10.6 Å². The van der Waals surface area contributed by atoms with Crippen LogP contribution in [0.5, 0.6) is 0 Å². The Morgan fingerprint density at radius 1 is 1.69 bits per heavy atom. The van der Waals surface area contributed by atoms with E-state index in [1.54, 1.807) is 0 Å². The minimum absolute atomic E-state index is 0.0837. The highest BCUT2D eigenvalue weighted by Crippen LogP contribution is 2.09. The highest BCUT2D eigenvalue weighted by molar-refractivity contribution is 7.80. The summed E-state index contributed by atoms with van der Waals surface area (Å²) in [6, 6.07) is 0. The number of carbonyl (C=O) groups excluding carboxylic acids is 2. The van der Waals surface area contributed by atoms with Crippen molar-refractivity contribution < 1.29 is 9.59 Å². The van der Waals surface area contributed by atoms with Gasteiger partial charge in [-0.25, -0.2) is 9.79 Å². The molecule has 0 atom stereocenters. The van der Waals surface area contributed by atoms with Crippen molar-refractivity contribution in [2.24, 2.45) is 10.7 Å². The number of hydrogen-bond acceptors (Lipinski definition) is 4. The summed E-state index contributed by atoms with van der Waals surface area (Å²) in [5, 5.41) is 0.0870. The number of nitrogens with zero attached hydrogens (tertiary/aromatic N) is 2. The smallest absolute Gasteiger partial charge is 0.274 e. The molecule has 0 aliphatic carbocycles. The Hall–Kier alpha value is -1.36. The lowest BCUT2D eigenvalue weighted by atomic mass is 10.1. The van der Waals surface area contributed by atoms with Gasteiger partial charge in [0.05, 0.1) is 12.4 Å². The molecule has 1 aliphatic heterocycles. The third-order valence-corrected chi connectivity index (χ3v) is 1.91. The van der Waals surface area contributed by atoms with Gasteiger partial charge in [0.25, 0.3) is 5.91 Å². The average molecular weight is 197 g/mol. The zero-order valence-corrected chi connectivity index (χ0v) is 7.72. The predicted molar refractivity (Wildman–Crippen MR) is 50.8 cm³/mol. The van der Waals surface area contributed by atoms with Gasteiger partial charge in [-0.15, -0.1) is 0 Å². The number of nitrogens with two attached hydrogens (primary N) is 1. The third-order valence-electron chi connectivity index (χ3n) is 1.60. The Morgan fingerprint density at radius 2 is 2.31 bits per heavy atom. The highest BCUT2D eigenvalue weighted by atomic mass is 32.1. The molecule has 1 heterocycles. The largest absolute Gasteiger partial charge is 0.313 e. The van der Waals surface area contributed by atoms with Crippen LogP contribution in [0.1, 0.15) is 6.92 Å². The molecular weight excluding hydrogens is 190 g/mol. The molecule has 0 aromatic carbocycles. The number of carbonyl (C=O) groups is 1. The molecule has 0 aromatic rings. The zero-order chi connectivity index (χ0) is 10.0. The number of amides is 1. The van der Waals surface area contributed by atoms with Crippen molar-refractivity contribution in [1.29, 1.82) is 0 Å². The third kappa shape index (κ3) is 1.55. The number of rotatable bonds is 1. The average Bonchev–Trinajstić information content (AvgIpc) is 2.04. The van der Waals surface area contributed by atoms with Crippen LogP contribution in [0.2, 0.25) is 0 Å². The Balaban J connectivity index is 3.22. The van der Waals surface area contributed by atoms with Gasteiger partial charge >= 0.3 is 0 Å². The quantitative estimate of drug-likeness (QED) is 0.341. The van der Waals surface area contributed by atoms with Crippen molar-refractivity contribution in [1.82, 2.24) is 4.90 Å². The fourth-order valence-electron chi connectivity index (χ4n) is 0.915. The fourth-order valence-corrected chi connectivity index (χ4v) is 1.21. The summed E-state index contributed by atoms with van der Waals surface area (Å²) >= 11 is 4.78. The monoisotopic (exact) mass is 197 g/mol. The summed E-state index contributed by atoms with van der Waals surface area (Å²) in [4.78, 5) is 26.6. The van der Waals surface area contributed by atoms with Crippen LogP contribution in [0.4, 0.5) is 0 Å². The molecule has 6 heteroatoms. The first-order valence-corrected chi connectivity index (χ1v) is 3.89. The normalized spacial score (nSPS) is 17.2. The van der Waals surface area contributed by atoms with Crippen LogP contribution >= 0.6 is 12.2 Å². The van der Waals surface area contributed by atoms with Crippen LogP contribution < -0.4 is 5.73 Å². The fraction of sp³-hybridized carbons (Fsp3) is 0.286. The van der Waals surface area contributed by atoms with E-state index in [4.69, 9.17) is 18.0 Å². The summed E-state index contributed by atoms with van der Waals surface area (Å²) in [6.07, 6.45) is 0. The van der Waals surface area contributed by atoms with E-state index in [-0.39, 0.29) is 23.1 Å². The molecule has 0 bridgehead atoms. The molecule has 1 aliphatic rings. The van der Waals surface area contributed by atoms with Crippen molar-refractivity contribution in [3.05, 3.63) is 5.57 Å². The summed E-state index contributed by atoms with van der Waals surface area (Å²) in [7, 11) is 0. The van der Waals surface area contributed by atoms with Crippen LogP contribution in [0.25, 0.3) is 0 Å². The van der Waals surface area contributed by atoms with E-state index in [1.165, 1.54) is 12.9 Å². The van der Waals surface area contributed by atoms with Gasteiger partial charge in [0.1, 0.15) is 11.5 Å². The molecule has 5 nitrogen and oxygen atoms in total. The molecule has 0 saturated carbocycles. The molecule has 68 valence electrons. The maximum absolute atomic E-state index is 11.4. The second kappa shape index (κ2) is 3.57. The van der Waals surface area contributed by atoms with E-state index in [0.29, 0.717) is 0 Å². The van der Waals surface area contributed by atoms with Crippen LogP contribution in [-0.2, 0) is 9.59 Å². The van der Waals surface area contributed by atoms with Crippen molar-refractivity contribution in [3.63, 3.8) is 0 Å². The van der Waals surface area contributed by atoms with Crippen LogP contribution in [-0.4, -0.2) is 34.2 Å². The van der Waals surface area contributed by atoms with Crippen LogP contribution in [0, 0.1) is 0 Å². The van der Waals surface area contributed by atoms with Gasteiger partial charge in [0.15, 0.2) is 0 Å². The van der Waals surface area contributed by atoms with Gasteiger partial charge in [-0.05, 0) is 19.1 Å². The first-order chi connectivity index (χ1) is 6.11. The van der Waals surface area contributed by atoms with Crippen molar-refractivity contribution in [3.8, 4) is 0 Å². The standard InChI is InChI=1S/C7H7N3O2S/c1-4-5(2-11)6(12)10(3-8)7(13)9-4/h3,8H2,1H3. The van der Waals surface area contributed by atoms with Gasteiger partial charge < -0.3 is 5.73 Å². The Morgan fingerprint density at radius 3 is 2.77 bits per heavy atom. The molecule has 1 rings (SSSR count). The lowest BCUT2D eigenvalue weighted by Crippen LogP contribution is -2.44. The molecule has 0 saturated heterocycles. The van der Waals surface area contributed by atoms with E-state index in [0.717, 1.165) is 4.90 Å². The summed E-state index contributed by atoms with van der Waals surface area (Å²) in [6.45, 7) is 1.44. The van der Waals surface area contributed by atoms with Gasteiger partial charge in [0.2, 0.25) is 5.11 Å². The topological polar surface area (TPSA) is 75.8 Å². The SMILES string of the molecule is CC1=NC(=S)N(CN)C(=O)C1=C=O. The Labute approximate surface area is 79.9 Å². The first kappa shape index (κ1) is 9.73. The molecule has 2 N–H and O–H groups in total. The first-order valence-electron chi connectivity index (χ1n) is 3.48. The maximum Gasteiger partial charge on any atom is 0.274 e. The van der Waals surface area contributed by atoms with Crippen molar-refractivity contribution in [2.45, 2.75) is 6.92 Å². The van der Waals surface area contributed by atoms with Gasteiger partial charge in [-0.1, -0.05) is 0 Å². The Bertz CT molecular complexity index is 355. The van der Waals surface area contributed by atoms with E-state index in [1.807, 2.05) is 0 Å². The van der Waals surface area contributed by atoms with Gasteiger partial charge in [0, 0.05) is 0 Å². The molecule has 13 heavy (non-hydrogen) atoms. The lowest BCUT2D eigenvalue weighted by Gasteiger charge is -2.22. The maximum atomic E-state index is 11.4. The van der Waals surface area contributed by atoms with E-state index < -0.39 is 5.91 Å². The second-order valence-corrected chi connectivity index (χ2v) is 2.74. The van der Waals surface area contributed by atoms with Gasteiger partial charge in [-0.2, -0.15) is 0 Å². The highest BCUT2D eigenvalue weighted by Gasteiger charge is 2.28. The summed E-state index contributed by atoms with van der Waals surface area (Å²) < 4.78 is 0. The minimum atomic E-state index is -0.532. The van der Waals surface area contributed by atoms with Crippen molar-refractivity contribution in [2.75, 3.05) is 6.67 Å². The number of hydrogen-bond donors (Lipinski definition) is 1. The van der Waals surface area contributed by atoms with Crippen LogP contribution in [0.3, 0.4) is 0 Å². The molecule has 0 unspecified atom stereocenters. The molecule has 0 fully saturated rings. The second-order valence-electron chi connectivity index (χ2n) is 2.37. The molecule has 1 amide bonds. The van der Waals surface area contributed by atoms with E-state index >= 15 is 0 Å². The number of thiocarbonyl (C=S) groups is 1. The lowest BCUT2D eigenvalue weighted by molar-refractivity contribution is -0.122. The zero-order valence-electron chi connectivity index (χ0n) is 6.90. The molecule has 0 aromatic heterocycles. The molecular formula is C7H7N3O2S. The van der Waals surface area contributed by atoms with Gasteiger partial charge in [-0.3, -0.25) is 9.69 Å². The van der Waals surface area contributed by atoms with E-state index in [9.17, 15) is 9.59 Å². The van der Waals surface area contributed by atoms with Crippen molar-refractivity contribution >= 4 is 34.9 Å². The van der Waals surface area contributed by atoms with E-state index in [2.05, 4.69) is 4.99 Å². The Kier molecular flexibility index (Phi) is 2.67. The minimum Gasteiger partial charge on any atom is -0.313 e. The summed E-state index contributed by atoms with van der Waals surface area (Å²) in [5.74, 6) is 0.985. The molecule has 0 radical (unpaired) electrons. The number of aliphatic imine (C=N–C) groups is 1. The summed E-state index contributed by atoms with van der Waals surface area (Å²) in [5.41, 5.74) is 5.43. The predicted octanol–water partition coefficient (Wildman–Crippen LogP) is -0.751.